The summed E-state index contributed by atoms with van der Waals surface area (Å²) in [5, 5.41) is 0. The molecule has 0 spiro atoms. The Balaban J connectivity index is 0.00000306. The third-order valence-electron chi connectivity index (χ3n) is 5.85. The van der Waals surface area contributed by atoms with Crippen LogP contribution in [0.5, 0.6) is 0 Å². The normalized spacial score (nSPS) is 19.6. The summed E-state index contributed by atoms with van der Waals surface area (Å²) >= 11 is 0. The van der Waals surface area contributed by atoms with Crippen LogP contribution in [0.3, 0.4) is 0 Å². The summed E-state index contributed by atoms with van der Waals surface area (Å²) in [6.07, 6.45) is -1.88. The number of halogens is 4. The number of carbonyl (C=O) groups is 1. The second-order valence-electron chi connectivity index (χ2n) is 7.98. The number of piperazine rings is 1. The van der Waals surface area contributed by atoms with E-state index < -0.39 is 27.8 Å². The Labute approximate surface area is 196 Å². The van der Waals surface area contributed by atoms with Crippen LogP contribution in [0.25, 0.3) is 0 Å². The van der Waals surface area contributed by atoms with Crippen molar-refractivity contribution in [3.63, 3.8) is 0 Å². The Hall–Kier alpha value is -2.37. The number of aromatic nitrogens is 1. The summed E-state index contributed by atoms with van der Waals surface area (Å²) in [5.74, 6) is 0.597. The lowest BCUT2D eigenvalue weighted by atomic mass is 10.1. The largest absolute Gasteiger partial charge is 0.416 e. The summed E-state index contributed by atoms with van der Waals surface area (Å²) in [4.78, 5) is 20.8. The Kier molecular flexibility index (Phi) is 7.25. The molecule has 3 heterocycles. The molecular formula is C21H24ClF3N4O3S. The van der Waals surface area contributed by atoms with E-state index in [4.69, 9.17) is 0 Å². The summed E-state index contributed by atoms with van der Waals surface area (Å²) < 4.78 is 65.3. The van der Waals surface area contributed by atoms with Crippen molar-refractivity contribution in [1.29, 1.82) is 0 Å². The van der Waals surface area contributed by atoms with Crippen LogP contribution in [0, 0.1) is 0 Å². The molecule has 0 bridgehead atoms. The van der Waals surface area contributed by atoms with Crippen molar-refractivity contribution in [2.75, 3.05) is 37.6 Å². The summed E-state index contributed by atoms with van der Waals surface area (Å²) in [6.45, 7) is 3.93. The van der Waals surface area contributed by atoms with Gasteiger partial charge in [-0.05, 0) is 49.7 Å². The molecule has 0 aliphatic carbocycles. The molecule has 1 atom stereocenters. The number of alkyl halides is 3. The van der Waals surface area contributed by atoms with Crippen molar-refractivity contribution in [3.8, 4) is 0 Å². The summed E-state index contributed by atoms with van der Waals surface area (Å²) in [5.41, 5.74) is -0.478. The van der Waals surface area contributed by atoms with E-state index in [-0.39, 0.29) is 42.8 Å². The van der Waals surface area contributed by atoms with Crippen molar-refractivity contribution in [2.24, 2.45) is 0 Å². The Morgan fingerprint density at radius 3 is 2.18 bits per heavy atom. The second-order valence-corrected chi connectivity index (χ2v) is 9.92. The number of pyridine rings is 1. The number of hydrogen-bond acceptors (Lipinski definition) is 5. The van der Waals surface area contributed by atoms with Crippen molar-refractivity contribution >= 4 is 34.2 Å². The number of carbonyl (C=O) groups excluding carboxylic acids is 1. The van der Waals surface area contributed by atoms with E-state index in [1.807, 2.05) is 6.07 Å². The van der Waals surface area contributed by atoms with Gasteiger partial charge in [0.05, 0.1) is 16.0 Å². The van der Waals surface area contributed by atoms with Gasteiger partial charge in [-0.3, -0.25) is 4.79 Å². The molecule has 7 nitrogen and oxygen atoms in total. The highest BCUT2D eigenvalue weighted by molar-refractivity contribution is 7.89. The smallest absolute Gasteiger partial charge is 0.356 e. The Morgan fingerprint density at radius 1 is 1.03 bits per heavy atom. The molecule has 1 amide bonds. The summed E-state index contributed by atoms with van der Waals surface area (Å²) in [6, 6.07) is 6.57. The van der Waals surface area contributed by atoms with Crippen LogP contribution in [0.15, 0.2) is 47.5 Å². The highest BCUT2D eigenvalue weighted by atomic mass is 35.5. The molecule has 0 radical (unpaired) electrons. The Bertz CT molecular complexity index is 1090. The average Bonchev–Trinajstić information content (AvgIpc) is 2.72. The Morgan fingerprint density at radius 2 is 1.70 bits per heavy atom. The molecule has 12 heteroatoms. The average molecular weight is 505 g/mol. The fraction of sp³-hybridized carbons (Fsp3) is 0.429. The van der Waals surface area contributed by atoms with Crippen LogP contribution in [-0.2, 0) is 16.2 Å². The maximum Gasteiger partial charge on any atom is 0.416 e. The zero-order chi connectivity index (χ0) is 23.1. The van der Waals surface area contributed by atoms with Gasteiger partial charge >= 0.3 is 6.18 Å². The molecule has 0 unspecified atom stereocenters. The van der Waals surface area contributed by atoms with Crippen LogP contribution in [-0.4, -0.2) is 67.3 Å². The van der Waals surface area contributed by atoms with Crippen LogP contribution < -0.4 is 4.90 Å². The molecule has 2 saturated heterocycles. The molecule has 180 valence electrons. The SMILES string of the molecule is C[C@H]1CN(S(=O)(=O)c2ccc(C(F)(F)F)cc2)CCN1C(=O)c1ccc(N2CCC2)nc1.Cl. The molecule has 2 aliphatic rings. The zero-order valence-electron chi connectivity index (χ0n) is 17.8. The summed E-state index contributed by atoms with van der Waals surface area (Å²) in [7, 11) is -3.97. The highest BCUT2D eigenvalue weighted by Crippen LogP contribution is 2.30. The maximum absolute atomic E-state index is 12.9. The first kappa shape index (κ1) is 25.3. The van der Waals surface area contributed by atoms with Gasteiger partial charge in [-0.2, -0.15) is 17.5 Å². The van der Waals surface area contributed by atoms with Gasteiger partial charge in [0, 0.05) is 45.0 Å². The molecule has 1 aromatic heterocycles. The standard InChI is InChI=1S/C21H23F3N4O3S.ClH/c1-15-14-27(32(30,31)18-6-4-17(5-7-18)21(22,23)24)11-12-28(15)20(29)16-3-8-19(25-13-16)26-9-2-10-26;/h3-8,13,15H,2,9-12,14H2,1H3;1H/t15-;/m0./s1. The predicted octanol–water partition coefficient (Wildman–Crippen LogP) is 3.27. The lowest BCUT2D eigenvalue weighted by molar-refractivity contribution is -0.137. The van der Waals surface area contributed by atoms with E-state index >= 15 is 0 Å². The van der Waals surface area contributed by atoms with Gasteiger partial charge < -0.3 is 9.80 Å². The molecular weight excluding hydrogens is 481 g/mol. The molecule has 4 rings (SSSR count). The van der Waals surface area contributed by atoms with E-state index in [2.05, 4.69) is 9.88 Å². The number of nitrogens with zero attached hydrogens (tertiary/aromatic N) is 4. The van der Waals surface area contributed by atoms with Crippen molar-refractivity contribution in [2.45, 2.75) is 30.5 Å². The van der Waals surface area contributed by atoms with Gasteiger partial charge in [0.2, 0.25) is 10.0 Å². The minimum atomic E-state index is -4.54. The van der Waals surface area contributed by atoms with Crippen molar-refractivity contribution in [1.82, 2.24) is 14.2 Å². The van der Waals surface area contributed by atoms with Crippen molar-refractivity contribution in [3.05, 3.63) is 53.7 Å². The van der Waals surface area contributed by atoms with E-state index in [1.54, 1.807) is 17.9 Å². The number of hydrogen-bond donors (Lipinski definition) is 0. The number of anilines is 1. The third-order valence-corrected chi connectivity index (χ3v) is 7.72. The number of benzene rings is 1. The van der Waals surface area contributed by atoms with Gasteiger partial charge in [-0.1, -0.05) is 0 Å². The van der Waals surface area contributed by atoms with Crippen LogP contribution >= 0.6 is 12.4 Å². The number of rotatable bonds is 4. The van der Waals surface area contributed by atoms with Gasteiger partial charge in [-0.15, -0.1) is 12.4 Å². The van der Waals surface area contributed by atoms with E-state index in [0.29, 0.717) is 5.56 Å². The van der Waals surface area contributed by atoms with E-state index in [0.717, 1.165) is 49.6 Å². The molecule has 0 N–H and O–H groups in total. The topological polar surface area (TPSA) is 73.8 Å². The lowest BCUT2D eigenvalue weighted by Gasteiger charge is -2.39. The quantitative estimate of drug-likeness (QED) is 0.639. The van der Waals surface area contributed by atoms with E-state index in [9.17, 15) is 26.4 Å². The first-order valence-electron chi connectivity index (χ1n) is 10.3. The van der Waals surface area contributed by atoms with Gasteiger partial charge in [0.25, 0.3) is 5.91 Å². The molecule has 2 aromatic rings. The third kappa shape index (κ3) is 5.10. The van der Waals surface area contributed by atoms with Gasteiger partial charge in [0.15, 0.2) is 0 Å². The number of sulfonamides is 1. The number of amides is 1. The highest BCUT2D eigenvalue weighted by Gasteiger charge is 2.36. The lowest BCUT2D eigenvalue weighted by Crippen LogP contribution is -2.55. The van der Waals surface area contributed by atoms with Gasteiger partial charge in [0.1, 0.15) is 5.82 Å². The van der Waals surface area contributed by atoms with Crippen LogP contribution in [0.4, 0.5) is 19.0 Å². The second kappa shape index (κ2) is 9.47. The minimum Gasteiger partial charge on any atom is -0.356 e. The monoisotopic (exact) mass is 504 g/mol. The maximum atomic E-state index is 12.9. The molecule has 2 aliphatic heterocycles. The zero-order valence-corrected chi connectivity index (χ0v) is 19.5. The molecule has 0 saturated carbocycles. The first-order valence-corrected chi connectivity index (χ1v) is 11.7. The fourth-order valence-electron chi connectivity index (χ4n) is 3.82. The van der Waals surface area contributed by atoms with Crippen molar-refractivity contribution < 1.29 is 26.4 Å². The molecule has 2 fully saturated rings. The first-order chi connectivity index (χ1) is 15.1. The van der Waals surface area contributed by atoms with Gasteiger partial charge in [-0.25, -0.2) is 13.4 Å². The van der Waals surface area contributed by atoms with Crippen LogP contribution in [0.1, 0.15) is 29.3 Å². The predicted molar refractivity (Wildman–Crippen MR) is 119 cm³/mol. The van der Waals surface area contributed by atoms with E-state index in [1.165, 1.54) is 10.5 Å². The fourth-order valence-corrected chi connectivity index (χ4v) is 5.33. The van der Waals surface area contributed by atoms with Crippen LogP contribution in [0.2, 0.25) is 0 Å². The molecule has 33 heavy (non-hydrogen) atoms. The molecule has 1 aromatic carbocycles. The minimum absolute atomic E-state index is 0.